The number of nitrogens with one attached hydrogen (secondary N) is 1. The number of halogens is 1. The van der Waals surface area contributed by atoms with Gasteiger partial charge in [-0.25, -0.2) is 0 Å². The lowest BCUT2D eigenvalue weighted by Gasteiger charge is -2.11. The molecule has 0 radical (unpaired) electrons. The van der Waals surface area contributed by atoms with Crippen molar-refractivity contribution in [3.63, 3.8) is 0 Å². The number of benzene rings is 1. The molecule has 0 atom stereocenters. The van der Waals surface area contributed by atoms with E-state index in [9.17, 15) is 0 Å². The van der Waals surface area contributed by atoms with Gasteiger partial charge in [-0.05, 0) is 23.8 Å². The van der Waals surface area contributed by atoms with E-state index >= 15 is 0 Å². The van der Waals surface area contributed by atoms with Crippen LogP contribution in [0, 0.1) is 0 Å². The smallest absolute Gasteiger partial charge is 0.0587 e. The van der Waals surface area contributed by atoms with E-state index in [1.165, 1.54) is 5.69 Å². The van der Waals surface area contributed by atoms with Gasteiger partial charge in [-0.2, -0.15) is 0 Å². The molecule has 19 heavy (non-hydrogen) atoms. The van der Waals surface area contributed by atoms with Crippen LogP contribution in [0.5, 0.6) is 0 Å². The molecule has 0 aliphatic carbocycles. The van der Waals surface area contributed by atoms with Crippen LogP contribution >= 0.6 is 11.6 Å². The lowest BCUT2D eigenvalue weighted by molar-refractivity contribution is 0.199. The van der Waals surface area contributed by atoms with E-state index < -0.39 is 0 Å². The van der Waals surface area contributed by atoms with Crippen LogP contribution in [0.25, 0.3) is 0 Å². The fourth-order valence-corrected chi connectivity index (χ4v) is 2.16. The zero-order valence-corrected chi connectivity index (χ0v) is 11.9. The van der Waals surface area contributed by atoms with Gasteiger partial charge in [-0.1, -0.05) is 29.8 Å². The van der Waals surface area contributed by atoms with Gasteiger partial charge >= 0.3 is 0 Å². The summed E-state index contributed by atoms with van der Waals surface area (Å²) in [6.07, 6.45) is 2.08. The van der Waals surface area contributed by atoms with Crippen LogP contribution in [0.3, 0.4) is 0 Å². The molecule has 0 fully saturated rings. The summed E-state index contributed by atoms with van der Waals surface area (Å²) in [5.74, 6) is 0. The second-order valence-electron chi connectivity index (χ2n) is 4.39. The molecule has 0 amide bonds. The van der Waals surface area contributed by atoms with Gasteiger partial charge in [0.2, 0.25) is 0 Å². The molecule has 1 aromatic heterocycles. The van der Waals surface area contributed by atoms with Crippen molar-refractivity contribution in [2.45, 2.75) is 13.1 Å². The summed E-state index contributed by atoms with van der Waals surface area (Å²) in [6.45, 7) is 3.22. The Morgan fingerprint density at radius 3 is 2.84 bits per heavy atom. The maximum atomic E-state index is 6.19. The average molecular weight is 279 g/mol. The molecule has 1 N–H and O–H groups in total. The maximum Gasteiger partial charge on any atom is 0.0587 e. The number of ether oxygens (including phenoxy) is 1. The minimum absolute atomic E-state index is 0.727. The quantitative estimate of drug-likeness (QED) is 0.788. The highest BCUT2D eigenvalue weighted by molar-refractivity contribution is 6.31. The SMILES string of the molecule is COCCNCc1cccn1Cc1ccccc1Cl. The number of nitrogens with zero attached hydrogens (tertiary/aromatic N) is 1. The summed E-state index contributed by atoms with van der Waals surface area (Å²) in [5, 5.41) is 4.17. The zero-order chi connectivity index (χ0) is 13.5. The minimum atomic E-state index is 0.727. The molecule has 2 rings (SSSR count). The van der Waals surface area contributed by atoms with Crippen LogP contribution < -0.4 is 5.32 Å². The van der Waals surface area contributed by atoms with E-state index in [1.54, 1.807) is 7.11 Å². The first-order valence-electron chi connectivity index (χ1n) is 6.38. The molecule has 3 nitrogen and oxygen atoms in total. The van der Waals surface area contributed by atoms with Crippen LogP contribution in [-0.4, -0.2) is 24.8 Å². The Kier molecular flexibility index (Phi) is 5.45. The predicted molar refractivity (Wildman–Crippen MR) is 78.6 cm³/mol. The Balaban J connectivity index is 1.98. The summed E-state index contributed by atoms with van der Waals surface area (Å²) in [4.78, 5) is 0. The molecule has 0 bridgehead atoms. The average Bonchev–Trinajstić information content (AvgIpc) is 2.85. The first kappa shape index (κ1) is 14.1. The fourth-order valence-electron chi connectivity index (χ4n) is 1.97. The van der Waals surface area contributed by atoms with Crippen LogP contribution in [0.2, 0.25) is 5.02 Å². The third-order valence-corrected chi connectivity index (χ3v) is 3.38. The van der Waals surface area contributed by atoms with Crippen LogP contribution in [-0.2, 0) is 17.8 Å². The van der Waals surface area contributed by atoms with Crippen LogP contribution in [0.1, 0.15) is 11.3 Å². The molecule has 2 aromatic rings. The van der Waals surface area contributed by atoms with Gasteiger partial charge in [0.1, 0.15) is 0 Å². The summed E-state index contributed by atoms with van der Waals surface area (Å²) >= 11 is 6.19. The Morgan fingerprint density at radius 2 is 2.05 bits per heavy atom. The topological polar surface area (TPSA) is 26.2 Å². The van der Waals surface area contributed by atoms with Gasteiger partial charge in [0.05, 0.1) is 6.61 Å². The Hall–Kier alpha value is -1.29. The van der Waals surface area contributed by atoms with Crippen molar-refractivity contribution in [1.29, 1.82) is 0 Å². The molecule has 0 aliphatic rings. The second-order valence-corrected chi connectivity index (χ2v) is 4.80. The van der Waals surface area contributed by atoms with Gasteiger partial charge in [-0.15, -0.1) is 0 Å². The first-order valence-corrected chi connectivity index (χ1v) is 6.76. The van der Waals surface area contributed by atoms with Crippen molar-refractivity contribution in [3.8, 4) is 0 Å². The lowest BCUT2D eigenvalue weighted by Crippen LogP contribution is -2.20. The highest BCUT2D eigenvalue weighted by Gasteiger charge is 2.04. The lowest BCUT2D eigenvalue weighted by atomic mass is 10.2. The third-order valence-electron chi connectivity index (χ3n) is 3.01. The van der Waals surface area contributed by atoms with E-state index in [1.807, 2.05) is 18.2 Å². The second kappa shape index (κ2) is 7.34. The fraction of sp³-hybridized carbons (Fsp3) is 0.333. The monoisotopic (exact) mass is 278 g/mol. The number of methoxy groups -OCH3 is 1. The van der Waals surface area contributed by atoms with E-state index in [0.29, 0.717) is 0 Å². The van der Waals surface area contributed by atoms with Crippen molar-refractivity contribution >= 4 is 11.6 Å². The molecular formula is C15H19ClN2O. The number of aromatic nitrogens is 1. The summed E-state index contributed by atoms with van der Waals surface area (Å²) in [5.41, 5.74) is 2.38. The van der Waals surface area contributed by atoms with E-state index in [-0.39, 0.29) is 0 Å². The standard InChI is InChI=1S/C15H19ClN2O/c1-19-10-8-17-11-14-6-4-9-18(14)12-13-5-2-3-7-15(13)16/h2-7,9,17H,8,10-12H2,1H3. The van der Waals surface area contributed by atoms with E-state index in [4.69, 9.17) is 16.3 Å². The third kappa shape index (κ3) is 4.10. The van der Waals surface area contributed by atoms with Gasteiger partial charge < -0.3 is 14.6 Å². The number of hydrogen-bond acceptors (Lipinski definition) is 2. The zero-order valence-electron chi connectivity index (χ0n) is 11.1. The van der Waals surface area contributed by atoms with Crippen LogP contribution in [0.15, 0.2) is 42.6 Å². The Morgan fingerprint density at radius 1 is 1.21 bits per heavy atom. The molecule has 0 saturated carbocycles. The predicted octanol–water partition coefficient (Wildman–Crippen LogP) is 2.93. The summed E-state index contributed by atoms with van der Waals surface area (Å²) in [7, 11) is 1.71. The largest absolute Gasteiger partial charge is 0.383 e. The highest BCUT2D eigenvalue weighted by Crippen LogP contribution is 2.17. The van der Waals surface area contributed by atoms with E-state index in [2.05, 4.69) is 34.3 Å². The first-order chi connectivity index (χ1) is 9.31. The van der Waals surface area contributed by atoms with Crippen molar-refractivity contribution in [2.75, 3.05) is 20.3 Å². The highest BCUT2D eigenvalue weighted by atomic mass is 35.5. The maximum absolute atomic E-state index is 6.19. The number of rotatable bonds is 7. The molecule has 0 unspecified atom stereocenters. The van der Waals surface area contributed by atoms with E-state index in [0.717, 1.165) is 36.8 Å². The van der Waals surface area contributed by atoms with Gasteiger partial charge in [0.25, 0.3) is 0 Å². The molecule has 4 heteroatoms. The molecule has 1 aromatic carbocycles. The van der Waals surface area contributed by atoms with Gasteiger partial charge in [-0.3, -0.25) is 0 Å². The van der Waals surface area contributed by atoms with Gasteiger partial charge in [0.15, 0.2) is 0 Å². The van der Waals surface area contributed by atoms with Crippen molar-refractivity contribution in [2.24, 2.45) is 0 Å². The normalized spacial score (nSPS) is 10.8. The number of hydrogen-bond donors (Lipinski definition) is 1. The Bertz CT molecular complexity index is 510. The Labute approximate surface area is 119 Å². The van der Waals surface area contributed by atoms with Crippen molar-refractivity contribution in [1.82, 2.24) is 9.88 Å². The molecule has 102 valence electrons. The van der Waals surface area contributed by atoms with Crippen LogP contribution in [0.4, 0.5) is 0 Å². The molecule has 0 aliphatic heterocycles. The van der Waals surface area contributed by atoms with Crippen molar-refractivity contribution in [3.05, 3.63) is 58.9 Å². The molecule has 0 spiro atoms. The molecule has 1 heterocycles. The van der Waals surface area contributed by atoms with Crippen molar-refractivity contribution < 1.29 is 4.74 Å². The minimum Gasteiger partial charge on any atom is -0.383 e. The molecule has 0 saturated heterocycles. The molecular weight excluding hydrogens is 260 g/mol. The summed E-state index contributed by atoms with van der Waals surface area (Å²) in [6, 6.07) is 12.1. The summed E-state index contributed by atoms with van der Waals surface area (Å²) < 4.78 is 7.23. The van der Waals surface area contributed by atoms with Gasteiger partial charge in [0, 0.05) is 43.7 Å².